The van der Waals surface area contributed by atoms with Crippen molar-refractivity contribution in [2.45, 2.75) is 45.8 Å². The summed E-state index contributed by atoms with van der Waals surface area (Å²) in [5.41, 5.74) is -0.0422. The minimum atomic E-state index is -0.492. The van der Waals surface area contributed by atoms with E-state index in [-0.39, 0.29) is 5.69 Å². The van der Waals surface area contributed by atoms with Gasteiger partial charge in [-0.2, -0.15) is 5.10 Å². The Balaban J connectivity index is 2.34. The summed E-state index contributed by atoms with van der Waals surface area (Å²) in [4.78, 5) is 9.95. The summed E-state index contributed by atoms with van der Waals surface area (Å²) in [6.07, 6.45) is 4.78. The van der Waals surface area contributed by atoms with Crippen molar-refractivity contribution in [1.82, 2.24) is 9.78 Å². The van der Waals surface area contributed by atoms with E-state index in [1.165, 1.54) is 17.1 Å². The van der Waals surface area contributed by atoms with E-state index < -0.39 is 11.0 Å². The van der Waals surface area contributed by atoms with Crippen molar-refractivity contribution in [2.75, 3.05) is 0 Å². The zero-order chi connectivity index (χ0) is 12.8. The predicted molar refractivity (Wildman–Crippen MR) is 63.6 cm³/mol. The second-order valence-corrected chi connectivity index (χ2v) is 4.66. The SMILES string of the molecule is CC(C)CCCC(O)Cn1cc([N+](=O)[O-])cn1. The van der Waals surface area contributed by atoms with Crippen LogP contribution in [0.2, 0.25) is 0 Å². The first-order valence-electron chi connectivity index (χ1n) is 5.84. The highest BCUT2D eigenvalue weighted by atomic mass is 16.6. The molecule has 1 aromatic heterocycles. The van der Waals surface area contributed by atoms with Gasteiger partial charge in [-0.25, -0.2) is 0 Å². The van der Waals surface area contributed by atoms with E-state index >= 15 is 0 Å². The monoisotopic (exact) mass is 241 g/mol. The number of nitro groups is 1. The molecule has 1 unspecified atom stereocenters. The van der Waals surface area contributed by atoms with Gasteiger partial charge in [-0.3, -0.25) is 14.8 Å². The molecule has 0 saturated heterocycles. The third-order valence-electron chi connectivity index (χ3n) is 2.55. The maximum absolute atomic E-state index is 10.4. The van der Waals surface area contributed by atoms with Gasteiger partial charge in [0.25, 0.3) is 0 Å². The largest absolute Gasteiger partial charge is 0.391 e. The lowest BCUT2D eigenvalue weighted by Gasteiger charge is -2.11. The molecule has 0 saturated carbocycles. The van der Waals surface area contributed by atoms with Crippen LogP contribution in [0.25, 0.3) is 0 Å². The molecule has 96 valence electrons. The van der Waals surface area contributed by atoms with Crippen LogP contribution in [0, 0.1) is 16.0 Å². The fourth-order valence-electron chi connectivity index (χ4n) is 1.62. The van der Waals surface area contributed by atoms with Crippen molar-refractivity contribution in [3.05, 3.63) is 22.5 Å². The van der Waals surface area contributed by atoms with Gasteiger partial charge < -0.3 is 5.11 Å². The van der Waals surface area contributed by atoms with Crippen LogP contribution in [0.15, 0.2) is 12.4 Å². The molecule has 6 heteroatoms. The summed E-state index contributed by atoms with van der Waals surface area (Å²) in [7, 11) is 0. The van der Waals surface area contributed by atoms with Gasteiger partial charge in [-0.05, 0) is 12.3 Å². The first kappa shape index (κ1) is 13.6. The van der Waals surface area contributed by atoms with E-state index in [0.29, 0.717) is 18.9 Å². The highest BCUT2D eigenvalue weighted by molar-refractivity contribution is 5.20. The Morgan fingerprint density at radius 1 is 1.53 bits per heavy atom. The zero-order valence-electron chi connectivity index (χ0n) is 10.2. The van der Waals surface area contributed by atoms with Gasteiger partial charge in [0.05, 0.1) is 17.6 Å². The smallest absolute Gasteiger partial charge is 0.306 e. The molecule has 0 spiro atoms. The van der Waals surface area contributed by atoms with Crippen LogP contribution in [0.1, 0.15) is 33.1 Å². The van der Waals surface area contributed by atoms with Crippen LogP contribution in [-0.2, 0) is 6.54 Å². The summed E-state index contributed by atoms with van der Waals surface area (Å²) < 4.78 is 1.41. The predicted octanol–water partition coefficient (Wildman–Crippen LogP) is 1.98. The molecule has 0 aliphatic carbocycles. The average molecular weight is 241 g/mol. The number of aromatic nitrogens is 2. The van der Waals surface area contributed by atoms with E-state index in [4.69, 9.17) is 0 Å². The van der Waals surface area contributed by atoms with Crippen LogP contribution < -0.4 is 0 Å². The number of hydrogen-bond acceptors (Lipinski definition) is 4. The Morgan fingerprint density at radius 2 is 2.24 bits per heavy atom. The molecule has 0 aliphatic heterocycles. The van der Waals surface area contributed by atoms with Gasteiger partial charge in [0.1, 0.15) is 12.4 Å². The highest BCUT2D eigenvalue weighted by Crippen LogP contribution is 2.11. The summed E-state index contributed by atoms with van der Waals surface area (Å²) in [6, 6.07) is 0. The van der Waals surface area contributed by atoms with E-state index in [0.717, 1.165) is 12.8 Å². The number of aliphatic hydroxyl groups is 1. The second kappa shape index (κ2) is 6.34. The Labute approximate surface area is 100 Å². The van der Waals surface area contributed by atoms with Crippen molar-refractivity contribution in [3.63, 3.8) is 0 Å². The molecule has 1 heterocycles. The molecule has 1 N–H and O–H groups in total. The topological polar surface area (TPSA) is 81.2 Å². The molecule has 0 aromatic carbocycles. The van der Waals surface area contributed by atoms with E-state index in [1.54, 1.807) is 0 Å². The fraction of sp³-hybridized carbons (Fsp3) is 0.727. The van der Waals surface area contributed by atoms with Crippen LogP contribution in [0.5, 0.6) is 0 Å². The Kier molecular flexibility index (Phi) is 5.09. The quantitative estimate of drug-likeness (QED) is 0.584. The van der Waals surface area contributed by atoms with Gasteiger partial charge >= 0.3 is 5.69 Å². The standard InChI is InChI=1S/C11H19N3O3/c1-9(2)4-3-5-11(15)8-13-7-10(6-12-13)14(16)17/h6-7,9,11,15H,3-5,8H2,1-2H3. The average Bonchev–Trinajstić information content (AvgIpc) is 2.65. The number of aliphatic hydroxyl groups excluding tert-OH is 1. The third kappa shape index (κ3) is 4.95. The van der Waals surface area contributed by atoms with E-state index in [2.05, 4.69) is 18.9 Å². The molecule has 0 fully saturated rings. The highest BCUT2D eigenvalue weighted by Gasteiger charge is 2.11. The molecule has 0 aliphatic rings. The molecule has 6 nitrogen and oxygen atoms in total. The first-order valence-corrected chi connectivity index (χ1v) is 5.84. The van der Waals surface area contributed by atoms with Gasteiger partial charge in [-0.15, -0.1) is 0 Å². The van der Waals surface area contributed by atoms with Gasteiger partial charge in [0.2, 0.25) is 0 Å². The van der Waals surface area contributed by atoms with Crippen LogP contribution >= 0.6 is 0 Å². The summed E-state index contributed by atoms with van der Waals surface area (Å²) in [6.45, 7) is 4.60. The van der Waals surface area contributed by atoms with Crippen molar-refractivity contribution in [2.24, 2.45) is 5.92 Å². The normalized spacial score (nSPS) is 12.9. The summed E-state index contributed by atoms with van der Waals surface area (Å²) in [5, 5.41) is 24.0. The third-order valence-corrected chi connectivity index (χ3v) is 2.55. The molecule has 0 bridgehead atoms. The van der Waals surface area contributed by atoms with E-state index in [1.807, 2.05) is 0 Å². The Hall–Kier alpha value is -1.43. The number of rotatable bonds is 7. The summed E-state index contributed by atoms with van der Waals surface area (Å²) in [5.74, 6) is 0.632. The maximum atomic E-state index is 10.4. The second-order valence-electron chi connectivity index (χ2n) is 4.66. The molecule has 17 heavy (non-hydrogen) atoms. The Morgan fingerprint density at radius 3 is 2.76 bits per heavy atom. The minimum absolute atomic E-state index is 0.0422. The lowest BCUT2D eigenvalue weighted by atomic mass is 10.0. The molecular weight excluding hydrogens is 222 g/mol. The molecule has 0 radical (unpaired) electrons. The van der Waals surface area contributed by atoms with Crippen molar-refractivity contribution in [3.8, 4) is 0 Å². The lowest BCUT2D eigenvalue weighted by Crippen LogP contribution is -2.16. The number of nitrogens with zero attached hydrogens (tertiary/aromatic N) is 3. The molecule has 1 rings (SSSR count). The first-order chi connectivity index (χ1) is 7.99. The van der Waals surface area contributed by atoms with Crippen molar-refractivity contribution >= 4 is 5.69 Å². The van der Waals surface area contributed by atoms with Crippen molar-refractivity contribution in [1.29, 1.82) is 0 Å². The summed E-state index contributed by atoms with van der Waals surface area (Å²) >= 11 is 0. The van der Waals surface area contributed by atoms with Gasteiger partial charge in [-0.1, -0.05) is 26.7 Å². The zero-order valence-corrected chi connectivity index (χ0v) is 10.2. The van der Waals surface area contributed by atoms with Gasteiger partial charge in [0, 0.05) is 0 Å². The van der Waals surface area contributed by atoms with Crippen LogP contribution in [-0.4, -0.2) is 25.9 Å². The molecule has 1 aromatic rings. The number of hydrogen-bond donors (Lipinski definition) is 1. The van der Waals surface area contributed by atoms with E-state index in [9.17, 15) is 15.2 Å². The minimum Gasteiger partial charge on any atom is -0.391 e. The van der Waals surface area contributed by atoms with Crippen LogP contribution in [0.4, 0.5) is 5.69 Å². The van der Waals surface area contributed by atoms with Gasteiger partial charge in [0.15, 0.2) is 0 Å². The Bertz CT molecular complexity index is 363. The fourth-order valence-corrected chi connectivity index (χ4v) is 1.62. The lowest BCUT2D eigenvalue weighted by molar-refractivity contribution is -0.385. The molecule has 0 amide bonds. The molecular formula is C11H19N3O3. The van der Waals surface area contributed by atoms with Crippen LogP contribution in [0.3, 0.4) is 0 Å². The van der Waals surface area contributed by atoms with Crippen molar-refractivity contribution < 1.29 is 10.0 Å². The maximum Gasteiger partial charge on any atom is 0.306 e. The molecule has 1 atom stereocenters.